The van der Waals surface area contributed by atoms with E-state index in [4.69, 9.17) is 13.8 Å². The second-order valence-corrected chi connectivity index (χ2v) is 9.28. The van der Waals surface area contributed by atoms with E-state index in [1.54, 1.807) is 24.5 Å². The number of piperazine rings is 1. The number of oxazole rings is 1. The number of furan rings is 1. The van der Waals surface area contributed by atoms with Gasteiger partial charge in [-0.25, -0.2) is 0 Å². The fourth-order valence-corrected chi connectivity index (χ4v) is 4.76. The summed E-state index contributed by atoms with van der Waals surface area (Å²) in [6, 6.07) is 8.02. The third-order valence-corrected chi connectivity index (χ3v) is 6.83. The van der Waals surface area contributed by atoms with Crippen molar-refractivity contribution in [3.8, 4) is 11.3 Å². The molecule has 0 bridgehead atoms. The largest absolute Gasteiger partial charge is 0.451 e. The van der Waals surface area contributed by atoms with Gasteiger partial charge in [0, 0.05) is 51.5 Å². The number of hydrogen-bond donors (Lipinski definition) is 2. The highest BCUT2D eigenvalue weighted by Gasteiger charge is 2.23. The molecular weight excluding hydrogens is 446 g/mol. The molecule has 1 amide bonds. The van der Waals surface area contributed by atoms with E-state index < -0.39 is 0 Å². The lowest BCUT2D eigenvalue weighted by Gasteiger charge is -2.31. The van der Waals surface area contributed by atoms with Gasteiger partial charge in [0.2, 0.25) is 0 Å². The summed E-state index contributed by atoms with van der Waals surface area (Å²) in [7, 11) is 2.13. The van der Waals surface area contributed by atoms with E-state index in [2.05, 4.69) is 37.3 Å². The summed E-state index contributed by atoms with van der Waals surface area (Å²) in [6.45, 7) is 5.60. The summed E-state index contributed by atoms with van der Waals surface area (Å²) in [5, 5.41) is 9.76. The SMILES string of the molecule is CN1CCN(c2nc3cc(N4CCCCC4)c(NC(=O)c4ccc(-c5cn[nH]c5)o4)cc3o2)CC1. The predicted molar refractivity (Wildman–Crippen MR) is 134 cm³/mol. The molecule has 4 aromatic rings. The van der Waals surface area contributed by atoms with Gasteiger partial charge in [0.05, 0.1) is 23.1 Å². The lowest BCUT2D eigenvalue weighted by molar-refractivity contribution is 0.0997. The molecule has 0 aliphatic carbocycles. The first-order valence-corrected chi connectivity index (χ1v) is 12.2. The molecular formula is C25H29N7O3. The van der Waals surface area contributed by atoms with Gasteiger partial charge in [0.15, 0.2) is 11.3 Å². The van der Waals surface area contributed by atoms with Crippen LogP contribution in [0, 0.1) is 0 Å². The van der Waals surface area contributed by atoms with Crippen LogP contribution < -0.4 is 15.1 Å². The minimum atomic E-state index is -0.309. The van der Waals surface area contributed by atoms with Crippen LogP contribution in [-0.2, 0) is 0 Å². The van der Waals surface area contributed by atoms with E-state index in [-0.39, 0.29) is 11.7 Å². The second kappa shape index (κ2) is 9.10. The molecule has 35 heavy (non-hydrogen) atoms. The molecule has 182 valence electrons. The van der Waals surface area contributed by atoms with Crippen molar-refractivity contribution >= 4 is 34.4 Å². The highest BCUT2D eigenvalue weighted by molar-refractivity contribution is 6.06. The summed E-state index contributed by atoms with van der Waals surface area (Å²) < 4.78 is 12.0. The maximum Gasteiger partial charge on any atom is 0.298 e. The Balaban J connectivity index is 1.31. The molecule has 2 saturated heterocycles. The number of hydrogen-bond acceptors (Lipinski definition) is 8. The number of benzene rings is 1. The van der Waals surface area contributed by atoms with Crippen LogP contribution in [0.5, 0.6) is 0 Å². The third kappa shape index (κ3) is 4.37. The predicted octanol–water partition coefficient (Wildman–Crippen LogP) is 3.81. The highest BCUT2D eigenvalue weighted by Crippen LogP contribution is 2.35. The lowest BCUT2D eigenvalue weighted by atomic mass is 10.1. The first-order valence-electron chi connectivity index (χ1n) is 12.2. The molecule has 10 heteroatoms. The molecule has 0 spiro atoms. The fourth-order valence-electron chi connectivity index (χ4n) is 4.76. The molecule has 2 aliphatic heterocycles. The minimum absolute atomic E-state index is 0.238. The fraction of sp³-hybridized carbons (Fsp3) is 0.400. The van der Waals surface area contributed by atoms with Gasteiger partial charge in [-0.1, -0.05) is 0 Å². The Morgan fingerprint density at radius 1 is 1.00 bits per heavy atom. The molecule has 0 radical (unpaired) electrons. The number of rotatable bonds is 5. The molecule has 2 N–H and O–H groups in total. The van der Waals surface area contributed by atoms with Crippen molar-refractivity contribution in [2.24, 2.45) is 0 Å². The molecule has 0 saturated carbocycles. The van der Waals surface area contributed by atoms with Crippen molar-refractivity contribution in [1.29, 1.82) is 0 Å². The summed E-state index contributed by atoms with van der Waals surface area (Å²) >= 11 is 0. The summed E-state index contributed by atoms with van der Waals surface area (Å²) in [4.78, 5) is 24.7. The van der Waals surface area contributed by atoms with Gasteiger partial charge in [-0.05, 0) is 44.5 Å². The van der Waals surface area contributed by atoms with Crippen LogP contribution in [0.4, 0.5) is 17.4 Å². The normalized spacial score (nSPS) is 17.3. The molecule has 0 atom stereocenters. The van der Waals surface area contributed by atoms with Crippen molar-refractivity contribution in [1.82, 2.24) is 20.1 Å². The Labute approximate surface area is 202 Å². The van der Waals surface area contributed by atoms with Crippen molar-refractivity contribution in [3.63, 3.8) is 0 Å². The number of aromatic nitrogens is 3. The zero-order valence-corrected chi connectivity index (χ0v) is 19.8. The molecule has 0 unspecified atom stereocenters. The number of carbonyl (C=O) groups excluding carboxylic acids is 1. The molecule has 2 fully saturated rings. The smallest absolute Gasteiger partial charge is 0.298 e. The number of nitrogens with one attached hydrogen (secondary N) is 2. The van der Waals surface area contributed by atoms with Crippen molar-refractivity contribution in [3.05, 3.63) is 42.4 Å². The molecule has 3 aromatic heterocycles. The lowest BCUT2D eigenvalue weighted by Crippen LogP contribution is -2.44. The maximum absolute atomic E-state index is 13.1. The van der Waals surface area contributed by atoms with Crippen LogP contribution in [0.3, 0.4) is 0 Å². The number of carbonyl (C=O) groups is 1. The van der Waals surface area contributed by atoms with Crippen molar-refractivity contribution in [2.75, 3.05) is 61.4 Å². The quantitative estimate of drug-likeness (QED) is 0.449. The zero-order chi connectivity index (χ0) is 23.8. The summed E-state index contributed by atoms with van der Waals surface area (Å²) in [5.74, 6) is 0.514. The Morgan fingerprint density at radius 3 is 2.60 bits per heavy atom. The van der Waals surface area contributed by atoms with Gasteiger partial charge in [0.1, 0.15) is 11.3 Å². The van der Waals surface area contributed by atoms with E-state index in [1.807, 2.05) is 12.1 Å². The first-order chi connectivity index (χ1) is 17.1. The Hall–Kier alpha value is -3.79. The Bertz CT molecular complexity index is 1310. The number of H-pyrrole nitrogens is 1. The van der Waals surface area contributed by atoms with Crippen LogP contribution in [-0.4, -0.2) is 72.3 Å². The average Bonchev–Trinajstić information content (AvgIpc) is 3.65. The van der Waals surface area contributed by atoms with E-state index >= 15 is 0 Å². The standard InChI is InChI=1S/C25H29N7O3/c1-30-9-11-32(12-10-30)25-29-19-13-20(31-7-3-2-4-8-31)18(14-23(19)35-25)28-24(33)22-6-5-21(34-22)17-15-26-27-16-17/h5-6,13-16H,2-4,7-12H2,1H3,(H,26,27)(H,28,33). The van der Waals surface area contributed by atoms with Crippen LogP contribution in [0.15, 0.2) is 45.5 Å². The Kier molecular flexibility index (Phi) is 5.65. The van der Waals surface area contributed by atoms with Gasteiger partial charge in [0.25, 0.3) is 11.9 Å². The zero-order valence-electron chi connectivity index (χ0n) is 19.8. The third-order valence-electron chi connectivity index (χ3n) is 6.83. The summed E-state index contributed by atoms with van der Waals surface area (Å²) in [6.07, 6.45) is 6.86. The van der Waals surface area contributed by atoms with E-state index in [9.17, 15) is 4.79 Å². The molecule has 5 heterocycles. The van der Waals surface area contributed by atoms with Crippen LogP contribution in [0.1, 0.15) is 29.8 Å². The number of fused-ring (bicyclic) bond motifs is 1. The second-order valence-electron chi connectivity index (χ2n) is 9.28. The first kappa shape index (κ1) is 21.7. The molecule has 2 aliphatic rings. The van der Waals surface area contributed by atoms with Gasteiger partial charge in [-0.15, -0.1) is 0 Å². The van der Waals surface area contributed by atoms with Crippen molar-refractivity contribution in [2.45, 2.75) is 19.3 Å². The molecule has 6 rings (SSSR count). The monoisotopic (exact) mass is 475 g/mol. The van der Waals surface area contributed by atoms with Crippen molar-refractivity contribution < 1.29 is 13.6 Å². The minimum Gasteiger partial charge on any atom is -0.451 e. The Morgan fingerprint density at radius 2 is 1.83 bits per heavy atom. The van der Waals surface area contributed by atoms with E-state index in [0.717, 1.165) is 68.9 Å². The number of anilines is 3. The van der Waals surface area contributed by atoms with E-state index in [1.165, 1.54) is 6.42 Å². The van der Waals surface area contributed by atoms with Gasteiger partial charge < -0.3 is 28.9 Å². The maximum atomic E-state index is 13.1. The van der Waals surface area contributed by atoms with Gasteiger partial charge in [-0.2, -0.15) is 10.1 Å². The van der Waals surface area contributed by atoms with Crippen LogP contribution in [0.25, 0.3) is 22.4 Å². The highest BCUT2D eigenvalue weighted by atomic mass is 16.4. The van der Waals surface area contributed by atoms with E-state index in [0.29, 0.717) is 23.0 Å². The van der Waals surface area contributed by atoms with Gasteiger partial charge in [-0.3, -0.25) is 9.89 Å². The van der Waals surface area contributed by atoms with Crippen LogP contribution >= 0.6 is 0 Å². The van der Waals surface area contributed by atoms with Gasteiger partial charge >= 0.3 is 0 Å². The average molecular weight is 476 g/mol. The number of amides is 1. The topological polar surface area (TPSA) is 107 Å². The number of likely N-dealkylation sites (N-methyl/N-ethyl adjacent to an activating group) is 1. The number of piperidine rings is 1. The molecule has 1 aromatic carbocycles. The van der Waals surface area contributed by atoms with Crippen LogP contribution in [0.2, 0.25) is 0 Å². The summed E-state index contributed by atoms with van der Waals surface area (Å²) in [5.41, 5.74) is 3.92. The number of aromatic amines is 1. The molecule has 10 nitrogen and oxygen atoms in total. The number of nitrogens with zero attached hydrogens (tertiary/aromatic N) is 5.